The maximum absolute atomic E-state index is 12.4. The number of morpholine rings is 1. The highest BCUT2D eigenvalue weighted by atomic mass is 32.1. The van der Waals surface area contributed by atoms with Crippen molar-refractivity contribution in [2.75, 3.05) is 33.4 Å². The first-order chi connectivity index (χ1) is 11.8. The number of ether oxygens (including phenoxy) is 2. The van der Waals surface area contributed by atoms with E-state index in [0.717, 1.165) is 22.9 Å². The number of aromatic nitrogens is 1. The standard InChI is InChI=1S/C17H21N3O3S/c1-22-14-4-2-3-13(9-14)10-18-11-16-19-15(12-24-16)17(21)20-5-7-23-8-6-20/h2-4,9,12,18H,5-8,10-11H2,1H3. The molecule has 0 bridgehead atoms. The van der Waals surface area contributed by atoms with E-state index in [9.17, 15) is 4.79 Å². The van der Waals surface area contributed by atoms with Crippen LogP contribution >= 0.6 is 11.3 Å². The lowest BCUT2D eigenvalue weighted by atomic mass is 10.2. The van der Waals surface area contributed by atoms with Crippen molar-refractivity contribution in [3.05, 3.63) is 45.9 Å². The number of carbonyl (C=O) groups excluding carboxylic acids is 1. The van der Waals surface area contributed by atoms with Crippen LogP contribution in [0.15, 0.2) is 29.6 Å². The normalized spacial score (nSPS) is 14.6. The Bertz CT molecular complexity index is 683. The van der Waals surface area contributed by atoms with Gasteiger partial charge in [0.1, 0.15) is 16.5 Å². The highest BCUT2D eigenvalue weighted by molar-refractivity contribution is 7.09. The molecule has 1 saturated heterocycles. The summed E-state index contributed by atoms with van der Waals surface area (Å²) in [4.78, 5) is 18.6. The summed E-state index contributed by atoms with van der Waals surface area (Å²) >= 11 is 1.51. The van der Waals surface area contributed by atoms with Crippen LogP contribution in [-0.4, -0.2) is 49.2 Å². The van der Waals surface area contributed by atoms with Gasteiger partial charge in [-0.3, -0.25) is 4.79 Å². The smallest absolute Gasteiger partial charge is 0.273 e. The summed E-state index contributed by atoms with van der Waals surface area (Å²) < 4.78 is 10.5. The van der Waals surface area contributed by atoms with Gasteiger partial charge in [-0.1, -0.05) is 12.1 Å². The SMILES string of the molecule is COc1cccc(CNCc2nc(C(=O)N3CCOCC3)cs2)c1. The lowest BCUT2D eigenvalue weighted by molar-refractivity contribution is 0.0299. The molecule has 6 nitrogen and oxygen atoms in total. The van der Waals surface area contributed by atoms with Gasteiger partial charge >= 0.3 is 0 Å². The zero-order valence-corrected chi connectivity index (χ0v) is 14.5. The number of nitrogens with one attached hydrogen (secondary N) is 1. The van der Waals surface area contributed by atoms with Crippen LogP contribution in [-0.2, 0) is 17.8 Å². The second-order valence-electron chi connectivity index (χ2n) is 5.49. The van der Waals surface area contributed by atoms with Gasteiger partial charge in [-0.25, -0.2) is 4.98 Å². The Hall–Kier alpha value is -1.96. The third-order valence-electron chi connectivity index (χ3n) is 3.81. The Labute approximate surface area is 145 Å². The number of benzene rings is 1. The molecule has 1 fully saturated rings. The minimum absolute atomic E-state index is 0.00593. The summed E-state index contributed by atoms with van der Waals surface area (Å²) in [7, 11) is 1.66. The van der Waals surface area contributed by atoms with E-state index in [1.54, 1.807) is 12.0 Å². The summed E-state index contributed by atoms with van der Waals surface area (Å²) in [5.41, 5.74) is 1.68. The Balaban J connectivity index is 1.51. The summed E-state index contributed by atoms with van der Waals surface area (Å²) in [6, 6.07) is 7.94. The van der Waals surface area contributed by atoms with Crippen molar-refractivity contribution in [1.29, 1.82) is 0 Å². The molecule has 2 aromatic rings. The van der Waals surface area contributed by atoms with E-state index < -0.39 is 0 Å². The molecule has 1 amide bonds. The average Bonchev–Trinajstić information content (AvgIpc) is 3.11. The van der Waals surface area contributed by atoms with Crippen molar-refractivity contribution in [3.8, 4) is 5.75 Å². The number of carbonyl (C=O) groups is 1. The predicted molar refractivity (Wildman–Crippen MR) is 92.4 cm³/mol. The topological polar surface area (TPSA) is 63.7 Å². The number of methoxy groups -OCH3 is 1. The van der Waals surface area contributed by atoms with Gasteiger partial charge in [-0.2, -0.15) is 0 Å². The molecule has 7 heteroatoms. The summed E-state index contributed by atoms with van der Waals surface area (Å²) in [5, 5.41) is 6.09. The molecule has 1 aliphatic heterocycles. The van der Waals surface area contributed by atoms with Crippen molar-refractivity contribution >= 4 is 17.2 Å². The molecule has 0 aliphatic carbocycles. The quantitative estimate of drug-likeness (QED) is 0.865. The van der Waals surface area contributed by atoms with Crippen molar-refractivity contribution in [2.45, 2.75) is 13.1 Å². The molecule has 1 aromatic heterocycles. The summed E-state index contributed by atoms with van der Waals surface area (Å²) in [5.74, 6) is 0.843. The fourth-order valence-electron chi connectivity index (χ4n) is 2.51. The molecule has 1 aromatic carbocycles. The van der Waals surface area contributed by atoms with E-state index in [4.69, 9.17) is 9.47 Å². The number of rotatable bonds is 6. The van der Waals surface area contributed by atoms with Crippen molar-refractivity contribution in [1.82, 2.24) is 15.2 Å². The van der Waals surface area contributed by atoms with Gasteiger partial charge in [-0.15, -0.1) is 11.3 Å². The monoisotopic (exact) mass is 347 g/mol. The number of amides is 1. The third-order valence-corrected chi connectivity index (χ3v) is 4.66. The maximum atomic E-state index is 12.4. The molecule has 0 radical (unpaired) electrons. The first-order valence-electron chi connectivity index (χ1n) is 7.91. The van der Waals surface area contributed by atoms with Crippen LogP contribution in [0.5, 0.6) is 5.75 Å². The van der Waals surface area contributed by atoms with Crippen LogP contribution in [0.3, 0.4) is 0 Å². The molecule has 1 N–H and O–H groups in total. The number of hydrogen-bond donors (Lipinski definition) is 1. The van der Waals surface area contributed by atoms with Crippen LogP contribution in [0.25, 0.3) is 0 Å². The van der Waals surface area contributed by atoms with Crippen molar-refractivity contribution < 1.29 is 14.3 Å². The van der Waals surface area contributed by atoms with Gasteiger partial charge < -0.3 is 19.7 Å². The van der Waals surface area contributed by atoms with Crippen molar-refractivity contribution in [2.24, 2.45) is 0 Å². The Morgan fingerprint density at radius 3 is 3.00 bits per heavy atom. The van der Waals surface area contributed by atoms with E-state index in [-0.39, 0.29) is 5.91 Å². The van der Waals surface area contributed by atoms with Gasteiger partial charge in [0.05, 0.1) is 20.3 Å². The highest BCUT2D eigenvalue weighted by Crippen LogP contribution is 2.14. The van der Waals surface area contributed by atoms with E-state index >= 15 is 0 Å². The largest absolute Gasteiger partial charge is 0.497 e. The van der Waals surface area contributed by atoms with Gasteiger partial charge in [0.15, 0.2) is 0 Å². The van der Waals surface area contributed by atoms with Crippen LogP contribution in [0.2, 0.25) is 0 Å². The second-order valence-corrected chi connectivity index (χ2v) is 6.43. The van der Waals surface area contributed by atoms with E-state index in [0.29, 0.717) is 38.5 Å². The zero-order valence-electron chi connectivity index (χ0n) is 13.7. The first-order valence-corrected chi connectivity index (χ1v) is 8.79. The van der Waals surface area contributed by atoms with Gasteiger partial charge in [-0.05, 0) is 17.7 Å². The van der Waals surface area contributed by atoms with Crippen molar-refractivity contribution in [3.63, 3.8) is 0 Å². The summed E-state index contributed by atoms with van der Waals surface area (Å²) in [6.45, 7) is 3.84. The molecule has 128 valence electrons. The fourth-order valence-corrected chi connectivity index (χ4v) is 3.25. The van der Waals surface area contributed by atoms with Crippen LogP contribution in [0, 0.1) is 0 Å². The van der Waals surface area contributed by atoms with Gasteiger partial charge in [0.25, 0.3) is 5.91 Å². The lowest BCUT2D eigenvalue weighted by Crippen LogP contribution is -2.40. The highest BCUT2D eigenvalue weighted by Gasteiger charge is 2.20. The molecular weight excluding hydrogens is 326 g/mol. The lowest BCUT2D eigenvalue weighted by Gasteiger charge is -2.25. The summed E-state index contributed by atoms with van der Waals surface area (Å²) in [6.07, 6.45) is 0. The maximum Gasteiger partial charge on any atom is 0.273 e. The number of hydrogen-bond acceptors (Lipinski definition) is 6. The fraction of sp³-hybridized carbons (Fsp3) is 0.412. The predicted octanol–water partition coefficient (Wildman–Crippen LogP) is 1.91. The van der Waals surface area contributed by atoms with E-state index in [1.165, 1.54) is 11.3 Å². The van der Waals surface area contributed by atoms with Crippen LogP contribution in [0.1, 0.15) is 21.1 Å². The second kappa shape index (κ2) is 8.23. The molecule has 2 heterocycles. The molecule has 0 atom stereocenters. The average molecular weight is 347 g/mol. The Morgan fingerprint density at radius 2 is 2.21 bits per heavy atom. The van der Waals surface area contributed by atoms with Gasteiger partial charge in [0, 0.05) is 31.6 Å². The van der Waals surface area contributed by atoms with Crippen LogP contribution in [0.4, 0.5) is 0 Å². The Morgan fingerprint density at radius 1 is 1.38 bits per heavy atom. The minimum atomic E-state index is -0.00593. The molecule has 1 aliphatic rings. The van der Waals surface area contributed by atoms with Crippen LogP contribution < -0.4 is 10.1 Å². The van der Waals surface area contributed by atoms with Gasteiger partial charge in [0.2, 0.25) is 0 Å². The minimum Gasteiger partial charge on any atom is -0.497 e. The first kappa shape index (κ1) is 16.9. The van der Waals surface area contributed by atoms with E-state index in [2.05, 4.69) is 10.3 Å². The molecule has 24 heavy (non-hydrogen) atoms. The Kier molecular flexibility index (Phi) is 5.79. The number of thiazole rings is 1. The molecule has 0 saturated carbocycles. The molecule has 0 unspecified atom stereocenters. The molecule has 0 spiro atoms. The molecular formula is C17H21N3O3S. The number of nitrogens with zero attached hydrogens (tertiary/aromatic N) is 2. The zero-order chi connectivity index (χ0) is 16.8. The third kappa shape index (κ3) is 4.31. The molecule has 3 rings (SSSR count). The van der Waals surface area contributed by atoms with E-state index in [1.807, 2.05) is 29.6 Å².